The lowest BCUT2D eigenvalue weighted by Gasteiger charge is -2.23. The predicted molar refractivity (Wildman–Crippen MR) is 84.1 cm³/mol. The molecule has 120 valence electrons. The van der Waals surface area contributed by atoms with Crippen LogP contribution < -0.4 is 15.5 Å². The minimum Gasteiger partial charge on any atom is -0.370 e. The molecule has 0 bridgehead atoms. The number of ether oxygens (including phenoxy) is 1. The Morgan fingerprint density at radius 2 is 2.00 bits per heavy atom. The molecule has 0 atom stereocenters. The van der Waals surface area contributed by atoms with E-state index in [4.69, 9.17) is 16.3 Å². The first-order chi connectivity index (χ1) is 10.6. The number of hydrogen-bond donors (Lipinski definition) is 3. The van der Waals surface area contributed by atoms with Crippen LogP contribution in [0.5, 0.6) is 0 Å². The molecular weight excluding hydrogens is 306 g/mol. The van der Waals surface area contributed by atoms with Crippen molar-refractivity contribution < 1.29 is 19.2 Å². The lowest BCUT2D eigenvalue weighted by molar-refractivity contribution is -0.908. The molecule has 2 amide bonds. The molecule has 3 N–H and O–H groups in total. The van der Waals surface area contributed by atoms with Gasteiger partial charge in [0.25, 0.3) is 0 Å². The summed E-state index contributed by atoms with van der Waals surface area (Å²) < 4.78 is 5.29. The second kappa shape index (κ2) is 8.73. The Bertz CT molecular complexity index is 519. The van der Waals surface area contributed by atoms with Gasteiger partial charge in [0.2, 0.25) is 0 Å². The summed E-state index contributed by atoms with van der Waals surface area (Å²) in [6.45, 7) is 5.06. The number of nitrogens with one attached hydrogen (secondary N) is 3. The van der Waals surface area contributed by atoms with Crippen LogP contribution in [0, 0.1) is 0 Å². The highest BCUT2D eigenvalue weighted by atomic mass is 35.5. The highest BCUT2D eigenvalue weighted by molar-refractivity contribution is 6.39. The van der Waals surface area contributed by atoms with Crippen LogP contribution in [0.4, 0.5) is 5.69 Å². The van der Waals surface area contributed by atoms with Crippen LogP contribution in [-0.2, 0) is 14.3 Å². The van der Waals surface area contributed by atoms with Crippen molar-refractivity contribution in [2.24, 2.45) is 0 Å². The molecule has 22 heavy (non-hydrogen) atoms. The van der Waals surface area contributed by atoms with Crippen LogP contribution in [-0.4, -0.2) is 51.2 Å². The molecule has 2 rings (SSSR count). The number of benzene rings is 1. The Morgan fingerprint density at radius 3 is 2.73 bits per heavy atom. The molecule has 1 aliphatic rings. The standard InChI is InChI=1S/C15H20ClN3O3/c16-12-3-1-4-13(11-12)18-15(21)14(20)17-5-2-6-19-7-9-22-10-8-19/h1,3-4,11H,2,5-10H2,(H,17,20)(H,18,21)/p+1. The summed E-state index contributed by atoms with van der Waals surface area (Å²) in [6.07, 6.45) is 0.839. The summed E-state index contributed by atoms with van der Waals surface area (Å²) in [5, 5.41) is 5.65. The monoisotopic (exact) mass is 326 g/mol. The van der Waals surface area contributed by atoms with Crippen LogP contribution in [0.15, 0.2) is 24.3 Å². The number of amides is 2. The van der Waals surface area contributed by atoms with Crippen molar-refractivity contribution in [3.05, 3.63) is 29.3 Å². The van der Waals surface area contributed by atoms with E-state index in [1.165, 1.54) is 4.90 Å². The second-order valence-electron chi connectivity index (χ2n) is 5.19. The van der Waals surface area contributed by atoms with Gasteiger partial charge in [-0.2, -0.15) is 0 Å². The molecule has 1 fully saturated rings. The van der Waals surface area contributed by atoms with E-state index >= 15 is 0 Å². The summed E-state index contributed by atoms with van der Waals surface area (Å²) in [5.41, 5.74) is 0.505. The Balaban J connectivity index is 1.64. The molecule has 1 heterocycles. The van der Waals surface area contributed by atoms with Crippen molar-refractivity contribution in [2.75, 3.05) is 44.7 Å². The average Bonchev–Trinajstić information content (AvgIpc) is 2.52. The van der Waals surface area contributed by atoms with Crippen molar-refractivity contribution in [3.8, 4) is 0 Å². The Kier molecular flexibility index (Phi) is 6.64. The van der Waals surface area contributed by atoms with Crippen molar-refractivity contribution in [2.45, 2.75) is 6.42 Å². The van der Waals surface area contributed by atoms with Crippen LogP contribution in [0.25, 0.3) is 0 Å². The van der Waals surface area contributed by atoms with Gasteiger partial charge >= 0.3 is 11.8 Å². The average molecular weight is 327 g/mol. The third-order valence-electron chi connectivity index (χ3n) is 3.48. The van der Waals surface area contributed by atoms with E-state index in [1.54, 1.807) is 24.3 Å². The molecule has 6 nitrogen and oxygen atoms in total. The molecular formula is C15H21ClN3O3+. The zero-order chi connectivity index (χ0) is 15.8. The maximum Gasteiger partial charge on any atom is 0.313 e. The molecule has 1 aromatic rings. The summed E-state index contributed by atoms with van der Waals surface area (Å²) in [6, 6.07) is 6.68. The topological polar surface area (TPSA) is 71.9 Å². The van der Waals surface area contributed by atoms with E-state index in [-0.39, 0.29) is 0 Å². The number of morpholine rings is 1. The van der Waals surface area contributed by atoms with Gasteiger partial charge < -0.3 is 20.3 Å². The molecule has 0 spiro atoms. The molecule has 0 radical (unpaired) electrons. The fourth-order valence-corrected chi connectivity index (χ4v) is 2.48. The SMILES string of the molecule is O=C(NCCC[NH+]1CCOCC1)C(=O)Nc1cccc(Cl)c1. The molecule has 0 unspecified atom stereocenters. The van der Waals surface area contributed by atoms with Gasteiger partial charge in [0.05, 0.1) is 19.8 Å². The van der Waals surface area contributed by atoms with Crippen molar-refractivity contribution in [1.82, 2.24) is 5.32 Å². The first-order valence-electron chi connectivity index (χ1n) is 7.41. The quantitative estimate of drug-likeness (QED) is 0.514. The normalized spacial score (nSPS) is 15.3. The van der Waals surface area contributed by atoms with Crippen molar-refractivity contribution in [3.63, 3.8) is 0 Å². The first-order valence-corrected chi connectivity index (χ1v) is 7.79. The van der Waals surface area contributed by atoms with Gasteiger partial charge in [-0.3, -0.25) is 9.59 Å². The van der Waals surface area contributed by atoms with Gasteiger partial charge in [-0.1, -0.05) is 17.7 Å². The summed E-state index contributed by atoms with van der Waals surface area (Å²) in [7, 11) is 0. The van der Waals surface area contributed by atoms with E-state index in [2.05, 4.69) is 10.6 Å². The highest BCUT2D eigenvalue weighted by Gasteiger charge is 2.15. The first kappa shape index (κ1) is 16.7. The van der Waals surface area contributed by atoms with Gasteiger partial charge in [0.1, 0.15) is 13.1 Å². The number of anilines is 1. The van der Waals surface area contributed by atoms with Crippen LogP contribution in [0.3, 0.4) is 0 Å². The summed E-state index contributed by atoms with van der Waals surface area (Å²) in [4.78, 5) is 24.9. The van der Waals surface area contributed by atoms with E-state index in [0.717, 1.165) is 39.3 Å². The Morgan fingerprint density at radius 1 is 1.23 bits per heavy atom. The second-order valence-corrected chi connectivity index (χ2v) is 5.62. The summed E-state index contributed by atoms with van der Waals surface area (Å²) in [5.74, 6) is -1.31. The molecule has 0 aromatic heterocycles. The largest absolute Gasteiger partial charge is 0.370 e. The number of quaternary nitrogens is 1. The fraction of sp³-hybridized carbons (Fsp3) is 0.467. The molecule has 7 heteroatoms. The van der Waals surface area contributed by atoms with Gasteiger partial charge in [-0.05, 0) is 18.2 Å². The number of carbonyl (C=O) groups is 2. The lowest BCUT2D eigenvalue weighted by Crippen LogP contribution is -3.14. The smallest absolute Gasteiger partial charge is 0.313 e. The molecule has 1 aliphatic heterocycles. The van der Waals surface area contributed by atoms with Crippen LogP contribution in [0.2, 0.25) is 5.02 Å². The molecule has 0 saturated carbocycles. The van der Waals surface area contributed by atoms with Gasteiger partial charge in [-0.25, -0.2) is 0 Å². The van der Waals surface area contributed by atoms with Crippen LogP contribution >= 0.6 is 11.6 Å². The molecule has 1 aromatic carbocycles. The van der Waals surface area contributed by atoms with Crippen molar-refractivity contribution in [1.29, 1.82) is 0 Å². The van der Waals surface area contributed by atoms with Crippen LogP contribution in [0.1, 0.15) is 6.42 Å². The highest BCUT2D eigenvalue weighted by Crippen LogP contribution is 2.14. The van der Waals surface area contributed by atoms with E-state index < -0.39 is 11.8 Å². The lowest BCUT2D eigenvalue weighted by atomic mass is 10.3. The molecule has 1 saturated heterocycles. The zero-order valence-corrected chi connectivity index (χ0v) is 13.1. The minimum atomic E-state index is -0.680. The number of carbonyl (C=O) groups excluding carboxylic acids is 2. The fourth-order valence-electron chi connectivity index (χ4n) is 2.28. The van der Waals surface area contributed by atoms with Gasteiger partial charge in [0.15, 0.2) is 0 Å². The third kappa shape index (κ3) is 5.63. The van der Waals surface area contributed by atoms with Gasteiger partial charge in [-0.15, -0.1) is 0 Å². The Hall–Kier alpha value is -1.63. The maximum atomic E-state index is 11.7. The molecule has 0 aliphatic carbocycles. The number of rotatable bonds is 5. The van der Waals surface area contributed by atoms with E-state index in [1.807, 2.05) is 0 Å². The maximum absolute atomic E-state index is 11.7. The summed E-state index contributed by atoms with van der Waals surface area (Å²) >= 11 is 5.82. The number of halogens is 1. The van der Waals surface area contributed by atoms with E-state index in [0.29, 0.717) is 17.3 Å². The number of hydrogen-bond acceptors (Lipinski definition) is 3. The van der Waals surface area contributed by atoms with E-state index in [9.17, 15) is 9.59 Å². The Labute approximate surface area is 134 Å². The third-order valence-corrected chi connectivity index (χ3v) is 3.72. The minimum absolute atomic E-state index is 0.492. The predicted octanol–water partition coefficient (Wildman–Crippen LogP) is -0.300. The van der Waals surface area contributed by atoms with Crippen molar-refractivity contribution >= 4 is 29.1 Å². The van der Waals surface area contributed by atoms with Gasteiger partial charge in [0, 0.05) is 23.7 Å². The zero-order valence-electron chi connectivity index (χ0n) is 12.4.